The number of carbonyl (C=O) groups is 1. The molecule has 2 heterocycles. The number of hydrogen-bond acceptors (Lipinski definition) is 3. The lowest BCUT2D eigenvalue weighted by atomic mass is 9.99. The summed E-state index contributed by atoms with van der Waals surface area (Å²) in [7, 11) is 0. The summed E-state index contributed by atoms with van der Waals surface area (Å²) in [5, 5.41) is 6.86. The van der Waals surface area contributed by atoms with Crippen molar-refractivity contribution < 1.29 is 4.79 Å². The minimum atomic E-state index is 0.0574. The lowest BCUT2D eigenvalue weighted by molar-refractivity contribution is -0.133. The van der Waals surface area contributed by atoms with Gasteiger partial charge in [-0.15, -0.1) is 0 Å². The van der Waals surface area contributed by atoms with Gasteiger partial charge in [-0.05, 0) is 49.8 Å². The number of guanidine groups is 1. The highest BCUT2D eigenvalue weighted by molar-refractivity contribution is 5.81. The number of likely N-dealkylation sites (tertiary alicyclic amines) is 1. The molecule has 1 aromatic carbocycles. The number of piperidine rings is 1. The average molecular weight is 414 g/mol. The van der Waals surface area contributed by atoms with Crippen molar-refractivity contribution in [2.24, 2.45) is 16.8 Å². The fourth-order valence-electron chi connectivity index (χ4n) is 4.21. The Kier molecular flexibility index (Phi) is 8.00. The van der Waals surface area contributed by atoms with Gasteiger partial charge in [0.15, 0.2) is 5.96 Å². The Bertz CT molecular complexity index is 707. The monoisotopic (exact) mass is 413 g/mol. The Morgan fingerprint density at radius 1 is 1.13 bits per heavy atom. The van der Waals surface area contributed by atoms with E-state index in [0.717, 1.165) is 51.0 Å². The molecular weight excluding hydrogens is 374 g/mol. The first-order valence-corrected chi connectivity index (χ1v) is 11.6. The van der Waals surface area contributed by atoms with Crippen molar-refractivity contribution in [3.63, 3.8) is 0 Å². The Balaban J connectivity index is 1.54. The predicted molar refractivity (Wildman–Crippen MR) is 125 cm³/mol. The number of aliphatic imine (C=N–C) groups is 1. The third-order valence-electron chi connectivity index (χ3n) is 6.18. The molecule has 2 N–H and O–H groups in total. The van der Waals surface area contributed by atoms with Gasteiger partial charge in [0.25, 0.3) is 0 Å². The Morgan fingerprint density at radius 3 is 2.47 bits per heavy atom. The number of benzene rings is 1. The van der Waals surface area contributed by atoms with Gasteiger partial charge >= 0.3 is 0 Å². The third-order valence-corrected chi connectivity index (χ3v) is 6.18. The topological polar surface area (TPSA) is 60.0 Å². The van der Waals surface area contributed by atoms with Crippen LogP contribution >= 0.6 is 0 Å². The summed E-state index contributed by atoms with van der Waals surface area (Å²) < 4.78 is 0. The van der Waals surface area contributed by atoms with E-state index in [1.807, 2.05) is 18.7 Å². The molecule has 0 saturated carbocycles. The first kappa shape index (κ1) is 22.4. The van der Waals surface area contributed by atoms with Gasteiger partial charge in [-0.3, -0.25) is 4.79 Å². The largest absolute Gasteiger partial charge is 0.372 e. The molecule has 30 heavy (non-hydrogen) atoms. The normalized spacial score (nSPS) is 20.7. The van der Waals surface area contributed by atoms with E-state index in [9.17, 15) is 4.79 Å². The van der Waals surface area contributed by atoms with E-state index in [0.29, 0.717) is 6.54 Å². The van der Waals surface area contributed by atoms with Crippen LogP contribution in [-0.2, 0) is 11.3 Å². The summed E-state index contributed by atoms with van der Waals surface area (Å²) in [4.78, 5) is 21.5. The van der Waals surface area contributed by atoms with Crippen LogP contribution in [-0.4, -0.2) is 55.5 Å². The molecule has 2 aliphatic heterocycles. The van der Waals surface area contributed by atoms with Crippen molar-refractivity contribution >= 4 is 17.6 Å². The maximum Gasteiger partial charge on any atom is 0.225 e. The van der Waals surface area contributed by atoms with Gasteiger partial charge < -0.3 is 20.4 Å². The summed E-state index contributed by atoms with van der Waals surface area (Å²) in [6.07, 6.45) is 3.53. The van der Waals surface area contributed by atoms with Crippen molar-refractivity contribution in [2.45, 2.75) is 59.5 Å². The minimum Gasteiger partial charge on any atom is -0.372 e. The van der Waals surface area contributed by atoms with E-state index >= 15 is 0 Å². The number of nitrogens with one attached hydrogen (secondary N) is 2. The van der Waals surface area contributed by atoms with Crippen LogP contribution < -0.4 is 15.5 Å². The van der Waals surface area contributed by atoms with Gasteiger partial charge in [0.2, 0.25) is 5.91 Å². The molecule has 2 fully saturated rings. The zero-order valence-electron chi connectivity index (χ0n) is 19.2. The molecule has 0 bridgehead atoms. The van der Waals surface area contributed by atoms with Crippen molar-refractivity contribution in [1.29, 1.82) is 0 Å². The standard InChI is InChI=1S/C24H39N5O/c1-5-25-24(27-21-12-15-29(17-21)23(30)18(2)3)26-16-20-6-8-22(9-7-20)28-13-10-19(4)11-14-28/h6-9,18-19,21H,5,10-17H2,1-4H3,(H2,25,26,27). The smallest absolute Gasteiger partial charge is 0.225 e. The first-order chi connectivity index (χ1) is 14.5. The number of amides is 1. The van der Waals surface area contributed by atoms with Crippen molar-refractivity contribution in [1.82, 2.24) is 15.5 Å². The molecule has 6 nitrogen and oxygen atoms in total. The molecular formula is C24H39N5O. The lowest BCUT2D eigenvalue weighted by Gasteiger charge is -2.32. The third kappa shape index (κ3) is 6.13. The number of hydrogen-bond donors (Lipinski definition) is 2. The SMILES string of the molecule is CCNC(=NCc1ccc(N2CCC(C)CC2)cc1)NC1CCN(C(=O)C(C)C)C1. The number of rotatable bonds is 6. The maximum absolute atomic E-state index is 12.2. The molecule has 3 rings (SSSR count). The number of carbonyl (C=O) groups excluding carboxylic acids is 1. The molecule has 6 heteroatoms. The lowest BCUT2D eigenvalue weighted by Crippen LogP contribution is -2.45. The van der Waals surface area contributed by atoms with E-state index in [4.69, 9.17) is 4.99 Å². The van der Waals surface area contributed by atoms with Crippen LogP contribution in [0.4, 0.5) is 5.69 Å². The zero-order chi connectivity index (χ0) is 21.5. The molecule has 1 amide bonds. The van der Waals surface area contributed by atoms with E-state index in [1.165, 1.54) is 24.1 Å². The minimum absolute atomic E-state index is 0.0574. The van der Waals surface area contributed by atoms with Gasteiger partial charge in [-0.25, -0.2) is 4.99 Å². The summed E-state index contributed by atoms with van der Waals surface area (Å²) in [5.74, 6) is 1.98. The molecule has 1 unspecified atom stereocenters. The quantitative estimate of drug-likeness (QED) is 0.555. The van der Waals surface area contributed by atoms with Gasteiger partial charge in [-0.1, -0.05) is 32.9 Å². The Morgan fingerprint density at radius 2 is 1.83 bits per heavy atom. The van der Waals surface area contributed by atoms with E-state index < -0.39 is 0 Å². The highest BCUT2D eigenvalue weighted by Crippen LogP contribution is 2.23. The number of anilines is 1. The average Bonchev–Trinajstić information content (AvgIpc) is 3.21. The molecule has 166 valence electrons. The summed E-state index contributed by atoms with van der Waals surface area (Å²) >= 11 is 0. The fraction of sp³-hybridized carbons (Fsp3) is 0.667. The van der Waals surface area contributed by atoms with Crippen LogP contribution in [0.1, 0.15) is 52.5 Å². The van der Waals surface area contributed by atoms with Crippen LogP contribution in [0.2, 0.25) is 0 Å². The van der Waals surface area contributed by atoms with Crippen molar-refractivity contribution in [3.05, 3.63) is 29.8 Å². The van der Waals surface area contributed by atoms with Crippen LogP contribution in [0, 0.1) is 11.8 Å². The predicted octanol–water partition coefficient (Wildman–Crippen LogP) is 3.23. The Labute approximate surface area is 182 Å². The maximum atomic E-state index is 12.2. The van der Waals surface area contributed by atoms with Crippen LogP contribution in [0.15, 0.2) is 29.3 Å². The first-order valence-electron chi connectivity index (χ1n) is 11.6. The second-order valence-corrected chi connectivity index (χ2v) is 9.10. The van der Waals surface area contributed by atoms with Crippen LogP contribution in [0.3, 0.4) is 0 Å². The fourth-order valence-corrected chi connectivity index (χ4v) is 4.21. The van der Waals surface area contributed by atoms with Crippen molar-refractivity contribution in [2.75, 3.05) is 37.6 Å². The molecule has 0 aromatic heterocycles. The molecule has 1 atom stereocenters. The molecule has 0 aliphatic carbocycles. The van der Waals surface area contributed by atoms with Gasteiger partial charge in [-0.2, -0.15) is 0 Å². The molecule has 1 aromatic rings. The van der Waals surface area contributed by atoms with E-state index in [-0.39, 0.29) is 17.9 Å². The molecule has 2 saturated heterocycles. The van der Waals surface area contributed by atoms with Gasteiger partial charge in [0.05, 0.1) is 6.54 Å². The summed E-state index contributed by atoms with van der Waals surface area (Å²) in [5.41, 5.74) is 2.53. The summed E-state index contributed by atoms with van der Waals surface area (Å²) in [6, 6.07) is 9.11. The van der Waals surface area contributed by atoms with Crippen molar-refractivity contribution in [3.8, 4) is 0 Å². The van der Waals surface area contributed by atoms with Gasteiger partial charge in [0, 0.05) is 50.4 Å². The van der Waals surface area contributed by atoms with Crippen LogP contribution in [0.5, 0.6) is 0 Å². The second-order valence-electron chi connectivity index (χ2n) is 9.10. The van der Waals surface area contributed by atoms with Gasteiger partial charge in [0.1, 0.15) is 0 Å². The van der Waals surface area contributed by atoms with E-state index in [1.54, 1.807) is 0 Å². The Hall–Kier alpha value is -2.24. The van der Waals surface area contributed by atoms with E-state index in [2.05, 4.69) is 53.6 Å². The molecule has 0 radical (unpaired) electrons. The highest BCUT2D eigenvalue weighted by Gasteiger charge is 2.28. The zero-order valence-corrected chi connectivity index (χ0v) is 19.2. The highest BCUT2D eigenvalue weighted by atomic mass is 16.2. The van der Waals surface area contributed by atoms with Crippen LogP contribution in [0.25, 0.3) is 0 Å². The summed E-state index contributed by atoms with van der Waals surface area (Å²) in [6.45, 7) is 13.7. The second kappa shape index (κ2) is 10.7. The molecule has 2 aliphatic rings. The number of nitrogens with zero attached hydrogens (tertiary/aromatic N) is 3. The molecule has 0 spiro atoms.